The molecule has 1 aliphatic rings. The van der Waals surface area contributed by atoms with Crippen LogP contribution in [0.25, 0.3) is 0 Å². The van der Waals surface area contributed by atoms with Gasteiger partial charge in [0, 0.05) is 14.1 Å². The predicted molar refractivity (Wildman–Crippen MR) is 73.2 cm³/mol. The van der Waals surface area contributed by atoms with Gasteiger partial charge in [-0.1, -0.05) is 6.07 Å². The van der Waals surface area contributed by atoms with Crippen LogP contribution in [-0.4, -0.2) is 37.7 Å². The molecule has 0 saturated heterocycles. The maximum Gasteiger partial charge on any atom is 0.231 e. The number of hydrogen-bond donors (Lipinski definition) is 2. The Hall–Kier alpha value is -2.44. The van der Waals surface area contributed by atoms with Crippen molar-refractivity contribution in [3.05, 3.63) is 23.8 Å². The lowest BCUT2D eigenvalue weighted by Crippen LogP contribution is -2.32. The van der Waals surface area contributed by atoms with Crippen molar-refractivity contribution < 1.29 is 9.47 Å². The Labute approximate surface area is 111 Å². The molecule has 0 bridgehead atoms. The van der Waals surface area contributed by atoms with Gasteiger partial charge in [0.15, 0.2) is 17.5 Å². The maximum atomic E-state index is 5.67. The average Bonchev–Trinajstić information content (AvgIpc) is 2.83. The van der Waals surface area contributed by atoms with Crippen LogP contribution in [0.3, 0.4) is 0 Å². The van der Waals surface area contributed by atoms with Crippen LogP contribution in [0.2, 0.25) is 0 Å². The lowest BCUT2D eigenvalue weighted by atomic mass is 10.2. The summed E-state index contributed by atoms with van der Waals surface area (Å²) in [5.41, 5.74) is 12.3. The summed E-state index contributed by atoms with van der Waals surface area (Å²) in [5, 5.41) is 0. The minimum atomic E-state index is 0.142. The zero-order valence-corrected chi connectivity index (χ0v) is 11.0. The Morgan fingerprint density at radius 2 is 2.00 bits per heavy atom. The fraction of sp³-hybridized carbons (Fsp3) is 0.333. The van der Waals surface area contributed by atoms with Crippen molar-refractivity contribution in [1.29, 1.82) is 0 Å². The molecule has 1 aromatic rings. The Bertz CT molecular complexity index is 525. The number of guanidine groups is 2. The van der Waals surface area contributed by atoms with Crippen LogP contribution in [0.15, 0.2) is 28.2 Å². The third-order valence-electron chi connectivity index (χ3n) is 2.55. The van der Waals surface area contributed by atoms with Crippen molar-refractivity contribution in [2.45, 2.75) is 6.54 Å². The number of nitrogens with two attached hydrogens (primary N) is 2. The van der Waals surface area contributed by atoms with Crippen LogP contribution in [0, 0.1) is 0 Å². The van der Waals surface area contributed by atoms with E-state index in [0.717, 1.165) is 17.1 Å². The van der Waals surface area contributed by atoms with E-state index in [1.807, 2.05) is 18.2 Å². The molecular weight excluding hydrogens is 246 g/mol. The predicted octanol–water partition coefficient (Wildman–Crippen LogP) is 0.106. The van der Waals surface area contributed by atoms with Crippen LogP contribution in [-0.2, 0) is 6.54 Å². The normalized spacial score (nSPS) is 14.6. The van der Waals surface area contributed by atoms with Gasteiger partial charge in [-0.05, 0) is 17.7 Å². The van der Waals surface area contributed by atoms with E-state index in [-0.39, 0.29) is 12.8 Å². The summed E-state index contributed by atoms with van der Waals surface area (Å²) in [7, 11) is 3.56. The van der Waals surface area contributed by atoms with E-state index in [4.69, 9.17) is 20.9 Å². The van der Waals surface area contributed by atoms with E-state index in [1.165, 1.54) is 0 Å². The summed E-state index contributed by atoms with van der Waals surface area (Å²) >= 11 is 0. The van der Waals surface area contributed by atoms with Gasteiger partial charge in [-0.15, -0.1) is 0 Å². The van der Waals surface area contributed by atoms with E-state index in [2.05, 4.69) is 9.98 Å². The van der Waals surface area contributed by atoms with E-state index in [1.54, 1.807) is 19.0 Å². The first kappa shape index (κ1) is 13.0. The number of ether oxygens (including phenoxy) is 2. The van der Waals surface area contributed by atoms with Gasteiger partial charge < -0.3 is 25.8 Å². The van der Waals surface area contributed by atoms with Gasteiger partial charge in [-0.25, -0.2) is 4.99 Å². The molecule has 2 rings (SSSR count). The summed E-state index contributed by atoms with van der Waals surface area (Å²) < 4.78 is 10.5. The fourth-order valence-electron chi connectivity index (χ4n) is 1.46. The third kappa shape index (κ3) is 3.27. The molecule has 0 spiro atoms. The molecule has 1 aromatic carbocycles. The minimum Gasteiger partial charge on any atom is -0.454 e. The Morgan fingerprint density at radius 1 is 1.26 bits per heavy atom. The van der Waals surface area contributed by atoms with Gasteiger partial charge in [-0.3, -0.25) is 0 Å². The number of rotatable bonds is 2. The second kappa shape index (κ2) is 5.47. The molecule has 0 radical (unpaired) electrons. The highest BCUT2D eigenvalue weighted by atomic mass is 16.7. The molecule has 4 N–H and O–H groups in total. The summed E-state index contributed by atoms with van der Waals surface area (Å²) in [4.78, 5) is 9.76. The van der Waals surface area contributed by atoms with Crippen LogP contribution < -0.4 is 20.9 Å². The highest BCUT2D eigenvalue weighted by Gasteiger charge is 2.12. The van der Waals surface area contributed by atoms with Crippen molar-refractivity contribution >= 4 is 11.9 Å². The molecule has 0 aliphatic carbocycles. The summed E-state index contributed by atoms with van der Waals surface area (Å²) in [6.45, 7) is 0.667. The molecule has 0 amide bonds. The van der Waals surface area contributed by atoms with Gasteiger partial charge >= 0.3 is 0 Å². The van der Waals surface area contributed by atoms with Gasteiger partial charge in [0.05, 0.1) is 6.54 Å². The summed E-state index contributed by atoms with van der Waals surface area (Å²) in [6.07, 6.45) is 0. The second-order valence-corrected chi connectivity index (χ2v) is 4.23. The van der Waals surface area contributed by atoms with Crippen molar-refractivity contribution in [2.24, 2.45) is 21.5 Å². The van der Waals surface area contributed by atoms with Gasteiger partial charge in [0.1, 0.15) is 0 Å². The molecule has 1 heterocycles. The number of fused-ring (bicyclic) bond motifs is 1. The lowest BCUT2D eigenvalue weighted by Gasteiger charge is -2.09. The SMILES string of the molecule is CN(C)C(N)=NC(N)=NCc1ccc2c(c1)OCO2. The van der Waals surface area contributed by atoms with E-state index in [0.29, 0.717) is 12.5 Å². The number of benzene rings is 1. The number of hydrogen-bond acceptors (Lipinski definition) is 3. The Kier molecular flexibility index (Phi) is 3.74. The van der Waals surface area contributed by atoms with E-state index in [9.17, 15) is 0 Å². The minimum absolute atomic E-state index is 0.142. The molecule has 1 aliphatic heterocycles. The van der Waals surface area contributed by atoms with Crippen LogP contribution in [0.4, 0.5) is 0 Å². The number of nitrogens with zero attached hydrogens (tertiary/aromatic N) is 3. The van der Waals surface area contributed by atoms with Crippen molar-refractivity contribution in [3.8, 4) is 11.5 Å². The van der Waals surface area contributed by atoms with E-state index < -0.39 is 0 Å². The highest BCUT2D eigenvalue weighted by Crippen LogP contribution is 2.32. The van der Waals surface area contributed by atoms with Gasteiger partial charge in [0.2, 0.25) is 12.8 Å². The van der Waals surface area contributed by atoms with Crippen molar-refractivity contribution in [1.82, 2.24) is 4.90 Å². The zero-order valence-electron chi connectivity index (χ0n) is 11.0. The average molecular weight is 263 g/mol. The molecule has 0 unspecified atom stereocenters. The van der Waals surface area contributed by atoms with Crippen LogP contribution >= 0.6 is 0 Å². The molecule has 19 heavy (non-hydrogen) atoms. The molecular formula is C12H17N5O2. The summed E-state index contributed by atoms with van der Waals surface area (Å²) in [5.74, 6) is 1.92. The standard InChI is InChI=1S/C12H17N5O2/c1-17(2)12(14)16-11(13)15-6-8-3-4-9-10(5-8)19-7-18-9/h3-5H,6-7H2,1-2H3,(H4,13,14,15,16). The van der Waals surface area contributed by atoms with Gasteiger partial charge in [-0.2, -0.15) is 4.99 Å². The third-order valence-corrected chi connectivity index (χ3v) is 2.55. The molecule has 102 valence electrons. The van der Waals surface area contributed by atoms with E-state index >= 15 is 0 Å². The molecule has 7 nitrogen and oxygen atoms in total. The smallest absolute Gasteiger partial charge is 0.231 e. The maximum absolute atomic E-state index is 5.67. The molecule has 0 saturated carbocycles. The molecule has 0 aromatic heterocycles. The molecule has 7 heteroatoms. The van der Waals surface area contributed by atoms with Gasteiger partial charge in [0.25, 0.3) is 0 Å². The van der Waals surface area contributed by atoms with Crippen LogP contribution in [0.5, 0.6) is 11.5 Å². The highest BCUT2D eigenvalue weighted by molar-refractivity contribution is 5.93. The Morgan fingerprint density at radius 3 is 2.74 bits per heavy atom. The van der Waals surface area contributed by atoms with Crippen LogP contribution in [0.1, 0.15) is 5.56 Å². The molecule has 0 atom stereocenters. The monoisotopic (exact) mass is 263 g/mol. The topological polar surface area (TPSA) is 98.5 Å². The second-order valence-electron chi connectivity index (χ2n) is 4.23. The summed E-state index contributed by atoms with van der Waals surface area (Å²) in [6, 6.07) is 5.63. The van der Waals surface area contributed by atoms with Crippen molar-refractivity contribution in [3.63, 3.8) is 0 Å². The number of aliphatic imine (C=N–C) groups is 2. The first-order valence-electron chi connectivity index (χ1n) is 5.76. The Balaban J connectivity index is 2.04. The lowest BCUT2D eigenvalue weighted by molar-refractivity contribution is 0.174. The first-order chi connectivity index (χ1) is 9.06. The first-order valence-corrected chi connectivity index (χ1v) is 5.76. The fourth-order valence-corrected chi connectivity index (χ4v) is 1.46. The largest absolute Gasteiger partial charge is 0.454 e. The van der Waals surface area contributed by atoms with Crippen molar-refractivity contribution in [2.75, 3.05) is 20.9 Å². The zero-order chi connectivity index (χ0) is 13.8. The molecule has 0 fully saturated rings. The quantitative estimate of drug-likeness (QED) is 0.582.